The Balaban J connectivity index is 2.63. The first-order valence-electron chi connectivity index (χ1n) is 6.26. The van der Waals surface area contributed by atoms with Gasteiger partial charge < -0.3 is 5.32 Å². The van der Waals surface area contributed by atoms with Crippen LogP contribution in [0, 0.1) is 6.92 Å². The molecule has 0 aliphatic rings. The Bertz CT molecular complexity index is 848. The molecule has 0 saturated heterocycles. The fourth-order valence-corrected chi connectivity index (χ4v) is 3.24. The lowest BCUT2D eigenvalue weighted by Crippen LogP contribution is -2.06. The van der Waals surface area contributed by atoms with Crippen molar-refractivity contribution in [2.45, 2.75) is 11.8 Å². The van der Waals surface area contributed by atoms with Crippen LogP contribution < -0.4 is 5.32 Å². The Labute approximate surface area is 139 Å². The van der Waals surface area contributed by atoms with Crippen LogP contribution in [0.25, 0.3) is 0 Å². The van der Waals surface area contributed by atoms with Gasteiger partial charge in [-0.15, -0.1) is 0 Å². The average molecular weight is 358 g/mol. The lowest BCUT2D eigenvalue weighted by molar-refractivity contribution is 0.108. The molecule has 0 atom stereocenters. The minimum Gasteiger partial charge on any atom is -0.353 e. The predicted octanol–water partition coefficient (Wildman–Crippen LogP) is 4.17. The van der Waals surface area contributed by atoms with Gasteiger partial charge in [-0.2, -0.15) is 0 Å². The van der Waals surface area contributed by atoms with Gasteiger partial charge in [-0.25, -0.2) is 8.42 Å². The number of nitrogens with one attached hydrogen (secondary N) is 1. The van der Waals surface area contributed by atoms with E-state index in [-0.39, 0.29) is 10.5 Å². The van der Waals surface area contributed by atoms with Gasteiger partial charge in [0.05, 0.1) is 21.3 Å². The van der Waals surface area contributed by atoms with Crippen molar-refractivity contribution in [3.8, 4) is 0 Å². The van der Waals surface area contributed by atoms with Crippen molar-refractivity contribution in [1.29, 1.82) is 0 Å². The Morgan fingerprint density at radius 1 is 1.14 bits per heavy atom. The third-order valence-electron chi connectivity index (χ3n) is 3.08. The number of carbonyl (C=O) groups is 1. The normalized spacial score (nSPS) is 11.3. The second-order valence-corrected chi connectivity index (χ2v) is 7.55. The van der Waals surface area contributed by atoms with Crippen LogP contribution in [0.3, 0.4) is 0 Å². The molecular formula is C15H13Cl2NO3S. The summed E-state index contributed by atoms with van der Waals surface area (Å²) in [6, 6.07) is 9.80. The third kappa shape index (κ3) is 3.61. The molecule has 0 saturated carbocycles. The van der Waals surface area contributed by atoms with Crippen LogP contribution in [0.1, 0.15) is 15.9 Å². The van der Waals surface area contributed by atoms with E-state index in [4.69, 9.17) is 23.2 Å². The molecule has 7 heteroatoms. The molecule has 2 aromatic carbocycles. The number of hydrogen-bond acceptors (Lipinski definition) is 4. The highest BCUT2D eigenvalue weighted by atomic mass is 35.5. The van der Waals surface area contributed by atoms with Crippen LogP contribution in [0.5, 0.6) is 0 Å². The molecule has 2 rings (SSSR count). The lowest BCUT2D eigenvalue weighted by Gasteiger charge is -2.14. The molecule has 0 heterocycles. The maximum absolute atomic E-state index is 12.0. The van der Waals surface area contributed by atoms with Crippen molar-refractivity contribution in [3.63, 3.8) is 0 Å². The van der Waals surface area contributed by atoms with Crippen LogP contribution in [0.4, 0.5) is 11.4 Å². The molecular weight excluding hydrogens is 345 g/mol. The molecule has 2 aromatic rings. The minimum absolute atomic E-state index is 0.0120. The van der Waals surface area contributed by atoms with E-state index in [1.165, 1.54) is 6.07 Å². The summed E-state index contributed by atoms with van der Waals surface area (Å²) in [5.74, 6) is 0. The lowest BCUT2D eigenvalue weighted by atomic mass is 10.1. The fraction of sp³-hybridized carbons (Fsp3) is 0.133. The highest BCUT2D eigenvalue weighted by Crippen LogP contribution is 2.31. The van der Waals surface area contributed by atoms with Gasteiger partial charge in [0.2, 0.25) is 0 Å². The summed E-state index contributed by atoms with van der Waals surface area (Å²) >= 11 is 11.6. The van der Waals surface area contributed by atoms with Gasteiger partial charge >= 0.3 is 0 Å². The van der Waals surface area contributed by atoms with E-state index >= 15 is 0 Å². The monoisotopic (exact) mass is 357 g/mol. The molecule has 0 aliphatic heterocycles. The van der Waals surface area contributed by atoms with Gasteiger partial charge in [0.15, 0.2) is 9.84 Å². The van der Waals surface area contributed by atoms with E-state index in [0.29, 0.717) is 22.0 Å². The van der Waals surface area contributed by atoms with E-state index in [1.54, 1.807) is 37.3 Å². The molecule has 0 unspecified atom stereocenters. The molecule has 4 nitrogen and oxygen atoms in total. The maximum Gasteiger partial charge on any atom is 0.252 e. The second-order valence-electron chi connectivity index (χ2n) is 4.81. The van der Waals surface area contributed by atoms with Crippen LogP contribution in [0.2, 0.25) is 5.02 Å². The highest BCUT2D eigenvalue weighted by Gasteiger charge is 2.19. The fourth-order valence-electron chi connectivity index (χ4n) is 2.01. The first kappa shape index (κ1) is 16.8. The third-order valence-corrected chi connectivity index (χ3v) is 4.75. The summed E-state index contributed by atoms with van der Waals surface area (Å²) in [7, 11) is -3.56. The first-order chi connectivity index (χ1) is 10.2. The average Bonchev–Trinajstić information content (AvgIpc) is 2.39. The van der Waals surface area contributed by atoms with Gasteiger partial charge in [0.25, 0.3) is 5.24 Å². The molecule has 0 aliphatic carbocycles. The minimum atomic E-state index is -3.56. The number of sulfone groups is 1. The van der Waals surface area contributed by atoms with E-state index in [9.17, 15) is 13.2 Å². The van der Waals surface area contributed by atoms with Gasteiger partial charge in [0, 0.05) is 11.8 Å². The summed E-state index contributed by atoms with van der Waals surface area (Å²) in [5.41, 5.74) is 1.64. The summed E-state index contributed by atoms with van der Waals surface area (Å²) in [5, 5.41) is 2.74. The zero-order valence-corrected chi connectivity index (χ0v) is 14.2. The number of anilines is 2. The standard InChI is InChI=1S/C15H13Cl2NO3S/c1-9-7-13(18-12-6-4-3-5-11(12)16)14(22(2,20)21)8-10(9)15(17)19/h3-8,18H,1-2H3. The number of rotatable bonds is 4. The quantitative estimate of drug-likeness (QED) is 0.833. The Hall–Kier alpha value is -1.56. The summed E-state index contributed by atoms with van der Waals surface area (Å²) in [6.45, 7) is 1.68. The molecule has 1 N–H and O–H groups in total. The van der Waals surface area contributed by atoms with Crippen molar-refractivity contribution in [2.24, 2.45) is 0 Å². The van der Waals surface area contributed by atoms with Crippen molar-refractivity contribution < 1.29 is 13.2 Å². The first-order valence-corrected chi connectivity index (χ1v) is 8.91. The van der Waals surface area contributed by atoms with E-state index < -0.39 is 15.1 Å². The summed E-state index contributed by atoms with van der Waals surface area (Å²) < 4.78 is 24.0. The van der Waals surface area contributed by atoms with Gasteiger partial charge in [0.1, 0.15) is 0 Å². The zero-order chi connectivity index (χ0) is 16.5. The van der Waals surface area contributed by atoms with Gasteiger partial charge in [-0.3, -0.25) is 4.79 Å². The van der Waals surface area contributed by atoms with Crippen LogP contribution in [-0.2, 0) is 9.84 Å². The van der Waals surface area contributed by atoms with Crippen molar-refractivity contribution >= 4 is 49.7 Å². The molecule has 116 valence electrons. The summed E-state index contributed by atoms with van der Waals surface area (Å²) in [6.07, 6.45) is 1.07. The largest absolute Gasteiger partial charge is 0.353 e. The van der Waals surface area contributed by atoms with Crippen LogP contribution >= 0.6 is 23.2 Å². The van der Waals surface area contributed by atoms with E-state index in [2.05, 4.69) is 5.32 Å². The highest BCUT2D eigenvalue weighted by molar-refractivity contribution is 7.90. The van der Waals surface area contributed by atoms with Gasteiger partial charge in [-0.05, 0) is 48.4 Å². The number of para-hydroxylation sites is 1. The molecule has 0 aromatic heterocycles. The molecule has 0 amide bonds. The number of benzene rings is 2. The van der Waals surface area contributed by atoms with Gasteiger partial charge in [-0.1, -0.05) is 23.7 Å². The zero-order valence-electron chi connectivity index (χ0n) is 11.9. The number of hydrogen-bond donors (Lipinski definition) is 1. The molecule has 22 heavy (non-hydrogen) atoms. The smallest absolute Gasteiger partial charge is 0.252 e. The predicted molar refractivity (Wildman–Crippen MR) is 89.2 cm³/mol. The Morgan fingerprint density at radius 3 is 2.32 bits per heavy atom. The molecule has 0 spiro atoms. The maximum atomic E-state index is 12.0. The van der Waals surface area contributed by atoms with Crippen LogP contribution in [0.15, 0.2) is 41.3 Å². The number of halogens is 2. The van der Waals surface area contributed by atoms with Crippen molar-refractivity contribution in [1.82, 2.24) is 0 Å². The number of aryl methyl sites for hydroxylation is 1. The number of carbonyl (C=O) groups excluding carboxylic acids is 1. The van der Waals surface area contributed by atoms with Crippen LogP contribution in [-0.4, -0.2) is 19.9 Å². The topological polar surface area (TPSA) is 63.2 Å². The van der Waals surface area contributed by atoms with Crippen molar-refractivity contribution in [2.75, 3.05) is 11.6 Å². The van der Waals surface area contributed by atoms with E-state index in [1.807, 2.05) is 0 Å². The van der Waals surface area contributed by atoms with E-state index in [0.717, 1.165) is 6.26 Å². The molecule has 0 bridgehead atoms. The Morgan fingerprint density at radius 2 is 1.77 bits per heavy atom. The summed E-state index contributed by atoms with van der Waals surface area (Å²) in [4.78, 5) is 11.4. The SMILES string of the molecule is Cc1cc(Nc2ccccc2Cl)c(S(C)(=O)=O)cc1C(=O)Cl. The Kier molecular flexibility index (Phi) is 4.80. The molecule has 0 radical (unpaired) electrons. The second kappa shape index (κ2) is 6.28. The van der Waals surface area contributed by atoms with Crippen molar-refractivity contribution in [3.05, 3.63) is 52.5 Å². The molecule has 0 fully saturated rings.